The van der Waals surface area contributed by atoms with E-state index >= 15 is 0 Å². The fraction of sp³-hybridized carbons (Fsp3) is 0.400. The van der Waals surface area contributed by atoms with Crippen molar-refractivity contribution in [1.82, 2.24) is 5.32 Å². The van der Waals surface area contributed by atoms with Crippen LogP contribution in [-0.2, 0) is 12.0 Å². The number of benzene rings is 2. The van der Waals surface area contributed by atoms with E-state index in [0.717, 1.165) is 31.9 Å². The molecule has 120 valence electrons. The van der Waals surface area contributed by atoms with Gasteiger partial charge in [0.05, 0.1) is 7.11 Å². The smallest absolute Gasteiger partial charge is 0.119 e. The summed E-state index contributed by atoms with van der Waals surface area (Å²) in [6, 6.07) is 17.4. The van der Waals surface area contributed by atoms with Gasteiger partial charge in [-0.05, 0) is 55.3 Å². The van der Waals surface area contributed by atoms with Gasteiger partial charge in [-0.3, -0.25) is 0 Å². The summed E-state index contributed by atoms with van der Waals surface area (Å²) in [4.78, 5) is 2.55. The van der Waals surface area contributed by atoms with Crippen molar-refractivity contribution in [2.24, 2.45) is 0 Å². The van der Waals surface area contributed by atoms with Gasteiger partial charge in [0.1, 0.15) is 5.75 Å². The van der Waals surface area contributed by atoms with Crippen molar-refractivity contribution in [3.8, 4) is 5.75 Å². The molecule has 3 nitrogen and oxygen atoms in total. The van der Waals surface area contributed by atoms with E-state index in [0.29, 0.717) is 0 Å². The maximum Gasteiger partial charge on any atom is 0.119 e. The second kappa shape index (κ2) is 5.89. The molecule has 0 radical (unpaired) electrons. The molecule has 0 atom stereocenters. The Bertz CT molecular complexity index is 677. The summed E-state index contributed by atoms with van der Waals surface area (Å²) in [6.45, 7) is 4.31. The van der Waals surface area contributed by atoms with Gasteiger partial charge in [-0.1, -0.05) is 30.3 Å². The number of anilines is 1. The van der Waals surface area contributed by atoms with E-state index in [4.69, 9.17) is 4.74 Å². The zero-order valence-corrected chi connectivity index (χ0v) is 13.7. The molecular formula is C20H24N2O. The van der Waals surface area contributed by atoms with Crippen LogP contribution in [-0.4, -0.2) is 26.7 Å². The molecule has 0 aromatic heterocycles. The fourth-order valence-corrected chi connectivity index (χ4v) is 4.16. The van der Waals surface area contributed by atoms with Crippen molar-refractivity contribution in [1.29, 1.82) is 0 Å². The summed E-state index contributed by atoms with van der Waals surface area (Å²) >= 11 is 0. The van der Waals surface area contributed by atoms with Crippen molar-refractivity contribution in [2.45, 2.75) is 24.8 Å². The van der Waals surface area contributed by atoms with Gasteiger partial charge in [0.2, 0.25) is 0 Å². The molecule has 2 aliphatic rings. The quantitative estimate of drug-likeness (QED) is 0.941. The average molecular weight is 308 g/mol. The van der Waals surface area contributed by atoms with Gasteiger partial charge in [-0.15, -0.1) is 0 Å². The molecule has 23 heavy (non-hydrogen) atoms. The molecule has 2 aromatic rings. The van der Waals surface area contributed by atoms with Crippen LogP contribution in [0.3, 0.4) is 0 Å². The SMILES string of the molecule is COc1ccc2c(c1)C1(CCNCC1)CN2Cc1ccccc1. The standard InChI is InChI=1S/C20H24N2O/c1-23-17-7-8-19-18(13-17)20(9-11-21-12-10-20)15-22(19)14-16-5-3-2-4-6-16/h2-8,13,21H,9-12,14-15H2,1H3. The molecule has 2 heterocycles. The molecule has 1 spiro atoms. The van der Waals surface area contributed by atoms with E-state index in [1.165, 1.54) is 29.7 Å². The lowest BCUT2D eigenvalue weighted by Crippen LogP contribution is -2.43. The highest BCUT2D eigenvalue weighted by atomic mass is 16.5. The van der Waals surface area contributed by atoms with Gasteiger partial charge in [-0.25, -0.2) is 0 Å². The van der Waals surface area contributed by atoms with Crippen molar-refractivity contribution in [3.05, 3.63) is 59.7 Å². The number of hydrogen-bond acceptors (Lipinski definition) is 3. The topological polar surface area (TPSA) is 24.5 Å². The summed E-state index contributed by atoms with van der Waals surface area (Å²) in [7, 11) is 1.76. The zero-order chi connectivity index (χ0) is 15.7. The number of piperidine rings is 1. The Labute approximate surface area is 138 Å². The minimum Gasteiger partial charge on any atom is -0.497 e. The predicted octanol–water partition coefficient (Wildman–Crippen LogP) is 3.34. The number of hydrogen-bond donors (Lipinski definition) is 1. The molecule has 0 amide bonds. The average Bonchev–Trinajstić information content (AvgIpc) is 2.89. The number of methoxy groups -OCH3 is 1. The van der Waals surface area contributed by atoms with Crippen LogP contribution in [0.4, 0.5) is 5.69 Å². The minimum atomic E-state index is 0.282. The van der Waals surface area contributed by atoms with Crippen molar-refractivity contribution in [2.75, 3.05) is 31.6 Å². The molecule has 1 N–H and O–H groups in total. The first-order chi connectivity index (χ1) is 11.3. The van der Waals surface area contributed by atoms with E-state index in [9.17, 15) is 0 Å². The second-order valence-corrected chi connectivity index (χ2v) is 6.76. The Morgan fingerprint density at radius 3 is 2.61 bits per heavy atom. The normalized spacial score (nSPS) is 18.9. The molecule has 1 fully saturated rings. The fourth-order valence-electron chi connectivity index (χ4n) is 4.16. The summed E-state index contributed by atoms with van der Waals surface area (Å²) in [5.41, 5.74) is 4.52. The van der Waals surface area contributed by atoms with Crippen LogP contribution in [0.2, 0.25) is 0 Å². The molecule has 2 aromatic carbocycles. The minimum absolute atomic E-state index is 0.282. The van der Waals surface area contributed by atoms with Crippen molar-refractivity contribution >= 4 is 5.69 Å². The third kappa shape index (κ3) is 2.59. The third-order valence-corrected chi connectivity index (χ3v) is 5.39. The van der Waals surface area contributed by atoms with Gasteiger partial charge >= 0.3 is 0 Å². The number of rotatable bonds is 3. The lowest BCUT2D eigenvalue weighted by molar-refractivity contribution is 0.323. The van der Waals surface area contributed by atoms with E-state index in [2.05, 4.69) is 58.7 Å². The Hall–Kier alpha value is -2.00. The Morgan fingerprint density at radius 2 is 1.87 bits per heavy atom. The molecule has 3 heteroatoms. The van der Waals surface area contributed by atoms with Crippen LogP contribution < -0.4 is 15.0 Å². The van der Waals surface area contributed by atoms with E-state index in [1.807, 2.05) is 0 Å². The number of fused-ring (bicyclic) bond motifs is 2. The number of ether oxygens (including phenoxy) is 1. The highest BCUT2D eigenvalue weighted by Crippen LogP contribution is 2.47. The monoisotopic (exact) mass is 308 g/mol. The van der Waals surface area contributed by atoms with Crippen LogP contribution >= 0.6 is 0 Å². The van der Waals surface area contributed by atoms with Crippen LogP contribution in [0.15, 0.2) is 48.5 Å². The zero-order valence-electron chi connectivity index (χ0n) is 13.7. The molecule has 0 aliphatic carbocycles. The lowest BCUT2D eigenvalue weighted by atomic mass is 9.75. The number of nitrogens with zero attached hydrogens (tertiary/aromatic N) is 1. The van der Waals surface area contributed by atoms with Gasteiger partial charge < -0.3 is 15.0 Å². The van der Waals surface area contributed by atoms with Crippen molar-refractivity contribution in [3.63, 3.8) is 0 Å². The van der Waals surface area contributed by atoms with E-state index in [-0.39, 0.29) is 5.41 Å². The molecule has 0 unspecified atom stereocenters. The first kappa shape index (κ1) is 14.6. The molecule has 1 saturated heterocycles. The van der Waals surface area contributed by atoms with Gasteiger partial charge in [0, 0.05) is 24.2 Å². The molecular weight excluding hydrogens is 284 g/mol. The maximum absolute atomic E-state index is 5.49. The molecule has 2 aliphatic heterocycles. The summed E-state index contributed by atoms with van der Waals surface area (Å²) < 4.78 is 5.49. The van der Waals surface area contributed by atoms with E-state index < -0.39 is 0 Å². The highest BCUT2D eigenvalue weighted by Gasteiger charge is 2.43. The second-order valence-electron chi connectivity index (χ2n) is 6.76. The summed E-state index contributed by atoms with van der Waals surface area (Å²) in [6.07, 6.45) is 2.41. The Balaban J connectivity index is 1.71. The van der Waals surface area contributed by atoms with Gasteiger partial charge in [0.15, 0.2) is 0 Å². The van der Waals surface area contributed by atoms with Crippen LogP contribution in [0, 0.1) is 0 Å². The lowest BCUT2D eigenvalue weighted by Gasteiger charge is -2.35. The largest absolute Gasteiger partial charge is 0.497 e. The maximum atomic E-state index is 5.49. The molecule has 4 rings (SSSR count). The predicted molar refractivity (Wildman–Crippen MR) is 94.3 cm³/mol. The van der Waals surface area contributed by atoms with Crippen LogP contribution in [0.1, 0.15) is 24.0 Å². The summed E-state index contributed by atoms with van der Waals surface area (Å²) in [5.74, 6) is 0.975. The first-order valence-electron chi connectivity index (χ1n) is 8.49. The first-order valence-corrected chi connectivity index (χ1v) is 8.49. The highest BCUT2D eigenvalue weighted by molar-refractivity contribution is 5.65. The molecule has 0 saturated carbocycles. The molecule has 0 bridgehead atoms. The Morgan fingerprint density at radius 1 is 1.09 bits per heavy atom. The van der Waals surface area contributed by atoms with Crippen LogP contribution in [0.25, 0.3) is 0 Å². The third-order valence-electron chi connectivity index (χ3n) is 5.39. The van der Waals surface area contributed by atoms with Crippen LogP contribution in [0.5, 0.6) is 5.75 Å². The van der Waals surface area contributed by atoms with Crippen molar-refractivity contribution < 1.29 is 4.74 Å². The van der Waals surface area contributed by atoms with Gasteiger partial charge in [-0.2, -0.15) is 0 Å². The summed E-state index contributed by atoms with van der Waals surface area (Å²) in [5, 5.41) is 3.51. The Kier molecular flexibility index (Phi) is 3.74. The van der Waals surface area contributed by atoms with E-state index in [1.54, 1.807) is 7.11 Å². The van der Waals surface area contributed by atoms with Gasteiger partial charge in [0.25, 0.3) is 0 Å². The number of nitrogens with one attached hydrogen (secondary N) is 1.